The number of rotatable bonds is 3. The summed E-state index contributed by atoms with van der Waals surface area (Å²) in [6.07, 6.45) is 5.59. The molecule has 6 nitrogen and oxygen atoms in total. The van der Waals surface area contributed by atoms with Gasteiger partial charge in [0.1, 0.15) is 10.0 Å². The smallest absolute Gasteiger partial charge is 0.246 e. The second-order valence-electron chi connectivity index (χ2n) is 6.15. The van der Waals surface area contributed by atoms with E-state index in [4.69, 9.17) is 11.6 Å². The van der Waals surface area contributed by atoms with Crippen molar-refractivity contribution in [3.8, 4) is 0 Å². The Morgan fingerprint density at radius 1 is 1.21 bits per heavy atom. The van der Waals surface area contributed by atoms with E-state index in [0.717, 1.165) is 25.7 Å². The number of aromatic nitrogens is 1. The summed E-state index contributed by atoms with van der Waals surface area (Å²) in [6.45, 7) is 1.41. The lowest BCUT2D eigenvalue weighted by Gasteiger charge is -2.35. The molecule has 1 aromatic rings. The Bertz CT molecular complexity index is 729. The van der Waals surface area contributed by atoms with Crippen LogP contribution in [0.5, 0.6) is 0 Å². The molecule has 0 bridgehead atoms. The topological polar surface area (TPSA) is 70.6 Å². The van der Waals surface area contributed by atoms with Gasteiger partial charge in [0.05, 0.1) is 0 Å². The van der Waals surface area contributed by atoms with E-state index in [-0.39, 0.29) is 35.0 Å². The fourth-order valence-electron chi connectivity index (χ4n) is 3.30. The number of pyridine rings is 1. The molecule has 0 unspecified atom stereocenters. The number of amides is 1. The highest BCUT2D eigenvalue weighted by Crippen LogP contribution is 2.29. The van der Waals surface area contributed by atoms with E-state index in [1.807, 2.05) is 0 Å². The van der Waals surface area contributed by atoms with E-state index < -0.39 is 10.0 Å². The van der Waals surface area contributed by atoms with E-state index in [2.05, 4.69) is 20.9 Å². The normalized spacial score (nSPS) is 20.5. The summed E-state index contributed by atoms with van der Waals surface area (Å²) in [7, 11) is -3.71. The van der Waals surface area contributed by atoms with Crippen molar-refractivity contribution in [2.45, 2.75) is 30.6 Å². The number of carbonyl (C=O) groups excluding carboxylic acids is 1. The first kappa shape index (κ1) is 18.1. The average Bonchev–Trinajstić information content (AvgIpc) is 3.11. The number of halogens is 2. The van der Waals surface area contributed by atoms with Gasteiger partial charge < -0.3 is 4.90 Å². The molecule has 24 heavy (non-hydrogen) atoms. The van der Waals surface area contributed by atoms with Crippen molar-refractivity contribution in [2.24, 2.45) is 5.92 Å². The molecule has 2 fully saturated rings. The molecule has 1 aliphatic carbocycles. The Morgan fingerprint density at radius 2 is 1.83 bits per heavy atom. The SMILES string of the molecule is O=C(C1CCCC1)N1CCN(S(=O)(=O)c2cc(Br)cnc2Cl)CC1. The summed E-state index contributed by atoms with van der Waals surface area (Å²) in [5.41, 5.74) is 0. The maximum atomic E-state index is 12.8. The molecule has 0 aromatic carbocycles. The van der Waals surface area contributed by atoms with E-state index in [1.54, 1.807) is 4.90 Å². The van der Waals surface area contributed by atoms with Gasteiger partial charge in [-0.3, -0.25) is 4.79 Å². The predicted molar refractivity (Wildman–Crippen MR) is 94.2 cm³/mol. The third kappa shape index (κ3) is 3.61. The highest BCUT2D eigenvalue weighted by molar-refractivity contribution is 9.10. The van der Waals surface area contributed by atoms with Crippen LogP contribution in [0, 0.1) is 5.92 Å². The molecular weight excluding hydrogens is 418 g/mol. The van der Waals surface area contributed by atoms with Crippen molar-refractivity contribution in [3.63, 3.8) is 0 Å². The van der Waals surface area contributed by atoms with Crippen LogP contribution < -0.4 is 0 Å². The van der Waals surface area contributed by atoms with Crippen LogP contribution in [-0.4, -0.2) is 54.7 Å². The number of piperazine rings is 1. The van der Waals surface area contributed by atoms with Crippen LogP contribution in [0.3, 0.4) is 0 Å². The molecule has 3 rings (SSSR count). The largest absolute Gasteiger partial charge is 0.340 e. The second-order valence-corrected chi connectivity index (χ2v) is 9.33. The Hall–Kier alpha value is -0.700. The van der Waals surface area contributed by atoms with Crippen molar-refractivity contribution in [2.75, 3.05) is 26.2 Å². The molecular formula is C15H19BrClN3O3S. The molecule has 0 atom stereocenters. The van der Waals surface area contributed by atoms with E-state index >= 15 is 0 Å². The van der Waals surface area contributed by atoms with Gasteiger partial charge in [-0.25, -0.2) is 13.4 Å². The highest BCUT2D eigenvalue weighted by Gasteiger charge is 2.34. The lowest BCUT2D eigenvalue weighted by molar-refractivity contribution is -0.136. The van der Waals surface area contributed by atoms with Crippen LogP contribution in [0.25, 0.3) is 0 Å². The van der Waals surface area contributed by atoms with Crippen LogP contribution >= 0.6 is 27.5 Å². The molecule has 9 heteroatoms. The number of hydrogen-bond acceptors (Lipinski definition) is 4. The van der Waals surface area contributed by atoms with Crippen molar-refractivity contribution in [1.82, 2.24) is 14.2 Å². The average molecular weight is 437 g/mol. The van der Waals surface area contributed by atoms with Crippen LogP contribution in [0.4, 0.5) is 0 Å². The minimum Gasteiger partial charge on any atom is -0.340 e. The Labute approximate surface area is 155 Å². The fraction of sp³-hybridized carbons (Fsp3) is 0.600. The number of hydrogen-bond donors (Lipinski definition) is 0. The van der Waals surface area contributed by atoms with Crippen LogP contribution in [0.15, 0.2) is 21.6 Å². The van der Waals surface area contributed by atoms with Crippen LogP contribution in [-0.2, 0) is 14.8 Å². The summed E-state index contributed by atoms with van der Waals surface area (Å²) in [6, 6.07) is 1.46. The fourth-order valence-corrected chi connectivity index (χ4v) is 5.65. The second kappa shape index (κ2) is 7.27. The summed E-state index contributed by atoms with van der Waals surface area (Å²) in [4.78, 5) is 18.1. The predicted octanol–water partition coefficient (Wildman–Crippen LogP) is 2.52. The van der Waals surface area contributed by atoms with Gasteiger partial charge in [-0.1, -0.05) is 24.4 Å². The highest BCUT2D eigenvalue weighted by atomic mass is 79.9. The molecule has 1 aliphatic heterocycles. The standard InChI is InChI=1S/C15H19BrClN3O3S/c16-12-9-13(14(17)18-10-12)24(22,23)20-7-5-19(6-8-20)15(21)11-3-1-2-4-11/h9-11H,1-8H2. The number of carbonyl (C=O) groups is 1. The zero-order valence-corrected chi connectivity index (χ0v) is 16.3. The van der Waals surface area contributed by atoms with E-state index in [0.29, 0.717) is 17.6 Å². The minimum absolute atomic E-state index is 0.00545. The number of nitrogens with zero attached hydrogens (tertiary/aromatic N) is 3. The summed E-state index contributed by atoms with van der Waals surface area (Å²) >= 11 is 9.18. The molecule has 1 saturated heterocycles. The van der Waals surface area contributed by atoms with Crippen molar-refractivity contribution in [1.29, 1.82) is 0 Å². The van der Waals surface area contributed by atoms with Crippen molar-refractivity contribution >= 4 is 43.5 Å². The quantitative estimate of drug-likeness (QED) is 0.683. The van der Waals surface area contributed by atoms with E-state index in [1.165, 1.54) is 16.6 Å². The molecule has 0 spiro atoms. The molecule has 2 aliphatic rings. The summed E-state index contributed by atoms with van der Waals surface area (Å²) < 4.78 is 27.5. The third-order valence-electron chi connectivity index (χ3n) is 4.65. The Morgan fingerprint density at radius 3 is 2.46 bits per heavy atom. The maximum Gasteiger partial charge on any atom is 0.246 e. The molecule has 1 aromatic heterocycles. The molecule has 132 valence electrons. The lowest BCUT2D eigenvalue weighted by Crippen LogP contribution is -2.51. The first-order chi connectivity index (χ1) is 11.4. The first-order valence-electron chi connectivity index (χ1n) is 7.99. The van der Waals surface area contributed by atoms with Gasteiger partial charge in [0.25, 0.3) is 0 Å². The van der Waals surface area contributed by atoms with Gasteiger partial charge in [-0.2, -0.15) is 4.31 Å². The van der Waals surface area contributed by atoms with Crippen LogP contribution in [0.2, 0.25) is 5.15 Å². The van der Waals surface area contributed by atoms with Gasteiger partial charge in [-0.05, 0) is 34.8 Å². The van der Waals surface area contributed by atoms with E-state index in [9.17, 15) is 13.2 Å². The van der Waals surface area contributed by atoms with Gasteiger partial charge in [0.15, 0.2) is 0 Å². The minimum atomic E-state index is -3.71. The third-order valence-corrected chi connectivity index (χ3v) is 7.40. The Kier molecular flexibility index (Phi) is 5.48. The molecule has 1 amide bonds. The van der Waals surface area contributed by atoms with Crippen LogP contribution in [0.1, 0.15) is 25.7 Å². The van der Waals surface area contributed by atoms with Gasteiger partial charge >= 0.3 is 0 Å². The summed E-state index contributed by atoms with van der Waals surface area (Å²) in [5.74, 6) is 0.295. The molecule has 2 heterocycles. The molecule has 0 radical (unpaired) electrons. The first-order valence-corrected chi connectivity index (χ1v) is 10.6. The molecule has 1 saturated carbocycles. The number of sulfonamides is 1. The van der Waals surface area contributed by atoms with Crippen molar-refractivity contribution < 1.29 is 13.2 Å². The Balaban J connectivity index is 1.69. The van der Waals surface area contributed by atoms with Gasteiger partial charge in [0.2, 0.25) is 15.9 Å². The van der Waals surface area contributed by atoms with Gasteiger partial charge in [-0.15, -0.1) is 0 Å². The summed E-state index contributed by atoms with van der Waals surface area (Å²) in [5, 5.41) is -0.0392. The maximum absolute atomic E-state index is 12.8. The zero-order valence-electron chi connectivity index (χ0n) is 13.1. The lowest BCUT2D eigenvalue weighted by atomic mass is 10.1. The zero-order chi connectivity index (χ0) is 17.3. The van der Waals surface area contributed by atoms with Crippen molar-refractivity contribution in [3.05, 3.63) is 21.9 Å². The monoisotopic (exact) mass is 435 g/mol. The van der Waals surface area contributed by atoms with Gasteiger partial charge in [0, 0.05) is 42.8 Å². The molecule has 0 N–H and O–H groups in total.